The third-order valence-electron chi connectivity index (χ3n) is 8.23. The molecular formula is C35H39N3O2. The molecule has 5 nitrogen and oxygen atoms in total. The van der Waals surface area contributed by atoms with Crippen LogP contribution >= 0.6 is 0 Å². The zero-order chi connectivity index (χ0) is 28.2. The van der Waals surface area contributed by atoms with E-state index in [0.717, 1.165) is 41.7 Å². The highest BCUT2D eigenvalue weighted by molar-refractivity contribution is 5.91. The summed E-state index contributed by atoms with van der Waals surface area (Å²) in [6.07, 6.45) is 2.56. The van der Waals surface area contributed by atoms with Gasteiger partial charge in [0.2, 0.25) is 5.91 Å². The number of nitrogens with zero attached hydrogens (tertiary/aromatic N) is 2. The maximum atomic E-state index is 13.7. The summed E-state index contributed by atoms with van der Waals surface area (Å²) in [6, 6.07) is 28.4. The fraction of sp³-hybridized carbons (Fsp3) is 0.314. The minimum absolute atomic E-state index is 0.0380. The highest BCUT2D eigenvalue weighted by atomic mass is 16.3. The number of nitrogens with one attached hydrogen (secondary N) is 1. The normalized spacial score (nSPS) is 13.2. The van der Waals surface area contributed by atoms with Gasteiger partial charge < -0.3 is 10.4 Å². The minimum atomic E-state index is -0.430. The molecule has 0 fully saturated rings. The van der Waals surface area contributed by atoms with Gasteiger partial charge in [-0.05, 0) is 48.6 Å². The second-order valence-electron chi connectivity index (χ2n) is 10.8. The van der Waals surface area contributed by atoms with Crippen LogP contribution in [0.2, 0.25) is 0 Å². The van der Waals surface area contributed by atoms with Crippen LogP contribution in [0.25, 0.3) is 16.6 Å². The third-order valence-corrected chi connectivity index (χ3v) is 8.23. The van der Waals surface area contributed by atoms with Gasteiger partial charge in [-0.1, -0.05) is 99.5 Å². The van der Waals surface area contributed by atoms with Gasteiger partial charge in [-0.3, -0.25) is 9.20 Å². The molecule has 2 aromatic heterocycles. The van der Waals surface area contributed by atoms with Crippen LogP contribution in [-0.2, 0) is 11.2 Å². The van der Waals surface area contributed by atoms with Crippen molar-refractivity contribution in [3.63, 3.8) is 0 Å². The molecule has 0 radical (unpaired) electrons. The lowest BCUT2D eigenvalue weighted by atomic mass is 9.81. The lowest BCUT2D eigenvalue weighted by molar-refractivity contribution is -0.125. The highest BCUT2D eigenvalue weighted by Crippen LogP contribution is 2.33. The molecule has 0 aliphatic carbocycles. The summed E-state index contributed by atoms with van der Waals surface area (Å²) in [5.74, 6) is -0.121. The topological polar surface area (TPSA) is 66.6 Å². The predicted octanol–water partition coefficient (Wildman–Crippen LogP) is 7.06. The maximum Gasteiger partial charge on any atom is 0.228 e. The number of hydrogen-bond donors (Lipinski definition) is 2. The number of fused-ring (bicyclic) bond motifs is 3. The summed E-state index contributed by atoms with van der Waals surface area (Å²) in [7, 11) is 0. The number of aromatic nitrogens is 2. The summed E-state index contributed by atoms with van der Waals surface area (Å²) >= 11 is 0. The molecule has 206 valence electrons. The first-order valence-electron chi connectivity index (χ1n) is 14.4. The Balaban J connectivity index is 1.46. The van der Waals surface area contributed by atoms with Gasteiger partial charge in [0.05, 0.1) is 24.1 Å². The molecule has 0 saturated carbocycles. The number of aliphatic hydroxyl groups excluding tert-OH is 1. The van der Waals surface area contributed by atoms with Crippen molar-refractivity contribution in [2.24, 2.45) is 5.92 Å². The Kier molecular flexibility index (Phi) is 8.32. The van der Waals surface area contributed by atoms with Crippen LogP contribution in [-0.4, -0.2) is 27.0 Å². The standard InChI is InChI=1S/C35H39N3O2/c1-5-26(6-2)33(35(40)37-31(22-39)27-12-8-7-9-13-27)28-18-16-25(17-19-28)21-30-29-14-10-11-15-32(29)38-24(4)20-23(3)36-34(30)38/h7-20,26,31,33,39H,5-6,21-22H2,1-4H3,(H,37,40). The zero-order valence-corrected chi connectivity index (χ0v) is 23.9. The molecular weight excluding hydrogens is 494 g/mol. The average Bonchev–Trinajstić information content (AvgIpc) is 3.28. The van der Waals surface area contributed by atoms with Crippen molar-refractivity contribution in [2.45, 2.75) is 58.9 Å². The van der Waals surface area contributed by atoms with Crippen molar-refractivity contribution in [3.05, 3.63) is 119 Å². The van der Waals surface area contributed by atoms with Crippen molar-refractivity contribution in [1.82, 2.24) is 14.7 Å². The van der Waals surface area contributed by atoms with Crippen molar-refractivity contribution in [1.29, 1.82) is 0 Å². The summed E-state index contributed by atoms with van der Waals surface area (Å²) in [6.45, 7) is 8.32. The van der Waals surface area contributed by atoms with E-state index in [0.29, 0.717) is 0 Å². The van der Waals surface area contributed by atoms with Crippen LogP contribution in [0.4, 0.5) is 0 Å². The predicted molar refractivity (Wildman–Crippen MR) is 163 cm³/mol. The number of rotatable bonds is 10. The van der Waals surface area contributed by atoms with Gasteiger partial charge in [-0.2, -0.15) is 0 Å². The van der Waals surface area contributed by atoms with Gasteiger partial charge in [0.1, 0.15) is 5.65 Å². The number of hydrogen-bond acceptors (Lipinski definition) is 3. The van der Waals surface area contributed by atoms with Gasteiger partial charge >= 0.3 is 0 Å². The fourth-order valence-corrected chi connectivity index (χ4v) is 6.13. The summed E-state index contributed by atoms with van der Waals surface area (Å²) in [5.41, 5.74) is 8.70. The number of carbonyl (C=O) groups excluding carboxylic acids is 1. The Bertz CT molecular complexity index is 1600. The molecule has 2 atom stereocenters. The van der Waals surface area contributed by atoms with E-state index in [1.165, 1.54) is 27.7 Å². The molecule has 0 saturated heterocycles. The zero-order valence-electron chi connectivity index (χ0n) is 23.9. The van der Waals surface area contributed by atoms with Gasteiger partial charge in [0, 0.05) is 28.8 Å². The van der Waals surface area contributed by atoms with E-state index < -0.39 is 6.04 Å². The van der Waals surface area contributed by atoms with Crippen molar-refractivity contribution in [2.75, 3.05) is 6.61 Å². The molecule has 5 heteroatoms. The summed E-state index contributed by atoms with van der Waals surface area (Å²) < 4.78 is 2.25. The number of aliphatic hydroxyl groups is 1. The second-order valence-corrected chi connectivity index (χ2v) is 10.8. The molecule has 3 aromatic carbocycles. The summed E-state index contributed by atoms with van der Waals surface area (Å²) in [4.78, 5) is 18.6. The minimum Gasteiger partial charge on any atom is -0.394 e. The third kappa shape index (κ3) is 5.39. The van der Waals surface area contributed by atoms with Gasteiger partial charge in [0.25, 0.3) is 0 Å². The Labute approximate surface area is 236 Å². The molecule has 2 unspecified atom stereocenters. The monoisotopic (exact) mass is 533 g/mol. The number of para-hydroxylation sites is 1. The number of amides is 1. The molecule has 0 aliphatic heterocycles. The van der Waals surface area contributed by atoms with E-state index >= 15 is 0 Å². The smallest absolute Gasteiger partial charge is 0.228 e. The van der Waals surface area contributed by atoms with Gasteiger partial charge in [0.15, 0.2) is 0 Å². The van der Waals surface area contributed by atoms with Gasteiger partial charge in [-0.15, -0.1) is 0 Å². The van der Waals surface area contributed by atoms with E-state index in [1.54, 1.807) is 0 Å². The van der Waals surface area contributed by atoms with Crippen molar-refractivity contribution in [3.8, 4) is 0 Å². The SMILES string of the molecule is CCC(CC)C(C(=O)NC(CO)c1ccccc1)c1ccc(Cc2c3ccccc3n3c(C)cc(C)nc23)cc1. The molecule has 2 N–H and O–H groups in total. The quantitative estimate of drug-likeness (QED) is 0.202. The highest BCUT2D eigenvalue weighted by Gasteiger charge is 2.29. The molecule has 5 rings (SSSR count). The van der Waals surface area contributed by atoms with E-state index in [1.807, 2.05) is 37.3 Å². The van der Waals surface area contributed by atoms with E-state index in [4.69, 9.17) is 4.98 Å². The Hall–Kier alpha value is -3.96. The van der Waals surface area contributed by atoms with Crippen LogP contribution in [0.15, 0.2) is 84.9 Å². The van der Waals surface area contributed by atoms with Crippen molar-refractivity contribution < 1.29 is 9.90 Å². The van der Waals surface area contributed by atoms with Crippen LogP contribution in [0, 0.1) is 19.8 Å². The van der Waals surface area contributed by atoms with Crippen molar-refractivity contribution >= 4 is 22.5 Å². The van der Waals surface area contributed by atoms with E-state index in [9.17, 15) is 9.90 Å². The Morgan fingerprint density at radius 3 is 2.25 bits per heavy atom. The number of aryl methyl sites for hydroxylation is 2. The number of carbonyl (C=O) groups is 1. The molecule has 1 amide bonds. The fourth-order valence-electron chi connectivity index (χ4n) is 6.13. The molecule has 40 heavy (non-hydrogen) atoms. The van der Waals surface area contributed by atoms with E-state index in [-0.39, 0.29) is 24.3 Å². The lowest BCUT2D eigenvalue weighted by Gasteiger charge is -2.27. The van der Waals surface area contributed by atoms with Gasteiger partial charge in [-0.25, -0.2) is 4.98 Å². The first-order valence-corrected chi connectivity index (χ1v) is 14.4. The maximum absolute atomic E-state index is 13.7. The second kappa shape index (κ2) is 12.1. The van der Waals surface area contributed by atoms with Crippen LogP contribution < -0.4 is 5.32 Å². The molecule has 2 heterocycles. The van der Waals surface area contributed by atoms with Crippen LogP contribution in [0.5, 0.6) is 0 Å². The van der Waals surface area contributed by atoms with Crippen LogP contribution in [0.1, 0.15) is 72.3 Å². The molecule has 5 aromatic rings. The Morgan fingerprint density at radius 1 is 0.900 bits per heavy atom. The largest absolute Gasteiger partial charge is 0.394 e. The van der Waals surface area contributed by atoms with Crippen LogP contribution in [0.3, 0.4) is 0 Å². The first kappa shape index (κ1) is 27.6. The molecule has 0 aliphatic rings. The molecule has 0 spiro atoms. The van der Waals surface area contributed by atoms with E-state index in [2.05, 4.69) is 85.1 Å². The average molecular weight is 534 g/mol. The lowest BCUT2D eigenvalue weighted by Crippen LogP contribution is -2.37. The molecule has 0 bridgehead atoms. The summed E-state index contributed by atoms with van der Waals surface area (Å²) in [5, 5.41) is 14.4. The number of benzene rings is 3. The first-order chi connectivity index (χ1) is 19.4. The Morgan fingerprint density at radius 2 is 1.57 bits per heavy atom.